The molecule has 0 spiro atoms. The first kappa shape index (κ1) is 20.2. The van der Waals surface area contributed by atoms with Gasteiger partial charge in [0.1, 0.15) is 11.8 Å². The zero-order valence-corrected chi connectivity index (χ0v) is 17.3. The molecule has 0 atom stereocenters. The van der Waals surface area contributed by atoms with Crippen molar-refractivity contribution in [2.75, 3.05) is 5.23 Å². The fraction of sp³-hybridized carbons (Fsp3) is 0.667. The SMILES string of the molecule is CC1(C)OB(Nc2cnc(C#N)cc2B2OC(C)(C)C(C)(C)O2)OC1(C)C. The number of rotatable bonds is 3. The summed E-state index contributed by atoms with van der Waals surface area (Å²) in [5, 5.41) is 12.5. The third-order valence-corrected chi connectivity index (χ3v) is 6.08. The summed E-state index contributed by atoms with van der Waals surface area (Å²) in [7, 11) is -1.28. The molecular formula is C18H27B2N3O4. The highest BCUT2D eigenvalue weighted by Gasteiger charge is 2.54. The molecule has 0 amide bonds. The monoisotopic (exact) mass is 371 g/mol. The summed E-state index contributed by atoms with van der Waals surface area (Å²) in [6.45, 7) is 15.9. The van der Waals surface area contributed by atoms with E-state index in [2.05, 4.69) is 16.3 Å². The van der Waals surface area contributed by atoms with E-state index in [1.807, 2.05) is 55.4 Å². The lowest BCUT2D eigenvalue weighted by atomic mass is 9.77. The number of hydrogen-bond acceptors (Lipinski definition) is 7. The topological polar surface area (TPSA) is 85.6 Å². The summed E-state index contributed by atoms with van der Waals surface area (Å²) < 4.78 is 24.3. The molecule has 0 radical (unpaired) electrons. The first-order valence-electron chi connectivity index (χ1n) is 9.16. The molecule has 2 aliphatic heterocycles. The predicted molar refractivity (Wildman–Crippen MR) is 104 cm³/mol. The van der Waals surface area contributed by atoms with E-state index in [-0.39, 0.29) is 0 Å². The highest BCUT2D eigenvalue weighted by Crippen LogP contribution is 2.38. The molecule has 0 aromatic carbocycles. The van der Waals surface area contributed by atoms with Crippen LogP contribution in [0.3, 0.4) is 0 Å². The highest BCUT2D eigenvalue weighted by molar-refractivity contribution is 6.65. The summed E-state index contributed by atoms with van der Waals surface area (Å²) >= 11 is 0. The zero-order valence-electron chi connectivity index (χ0n) is 17.3. The van der Waals surface area contributed by atoms with Gasteiger partial charge in [-0.3, -0.25) is 0 Å². The van der Waals surface area contributed by atoms with Crippen LogP contribution in [0.25, 0.3) is 0 Å². The maximum Gasteiger partial charge on any atom is 0.591 e. The maximum atomic E-state index is 9.26. The first-order chi connectivity index (χ1) is 12.3. The van der Waals surface area contributed by atoms with Crippen molar-refractivity contribution >= 4 is 25.5 Å². The maximum absolute atomic E-state index is 9.26. The van der Waals surface area contributed by atoms with Crippen molar-refractivity contribution in [1.82, 2.24) is 4.98 Å². The summed E-state index contributed by atoms with van der Waals surface area (Å²) in [5.74, 6) is 0. The van der Waals surface area contributed by atoms with Crippen molar-refractivity contribution in [3.63, 3.8) is 0 Å². The van der Waals surface area contributed by atoms with Gasteiger partial charge in [-0.25, -0.2) is 4.98 Å². The van der Waals surface area contributed by atoms with Gasteiger partial charge in [-0.1, -0.05) is 0 Å². The van der Waals surface area contributed by atoms with Crippen LogP contribution in [0.2, 0.25) is 0 Å². The van der Waals surface area contributed by atoms with E-state index in [0.717, 1.165) is 0 Å². The molecule has 1 aromatic heterocycles. The lowest BCUT2D eigenvalue weighted by Crippen LogP contribution is -2.41. The van der Waals surface area contributed by atoms with Crippen LogP contribution >= 0.6 is 0 Å². The van der Waals surface area contributed by atoms with Crippen molar-refractivity contribution < 1.29 is 18.6 Å². The van der Waals surface area contributed by atoms with E-state index >= 15 is 0 Å². The van der Waals surface area contributed by atoms with Crippen LogP contribution in [0.15, 0.2) is 12.3 Å². The third-order valence-electron chi connectivity index (χ3n) is 6.08. The second-order valence-corrected chi connectivity index (χ2v) is 9.09. The van der Waals surface area contributed by atoms with Crippen molar-refractivity contribution in [2.24, 2.45) is 0 Å². The highest BCUT2D eigenvalue weighted by atomic mass is 16.7. The van der Waals surface area contributed by atoms with Gasteiger partial charge in [0.25, 0.3) is 0 Å². The molecule has 0 saturated carbocycles. The zero-order chi connectivity index (χ0) is 20.3. The smallest absolute Gasteiger partial charge is 0.399 e. The van der Waals surface area contributed by atoms with Gasteiger partial charge < -0.3 is 23.8 Å². The molecule has 0 unspecified atom stereocenters. The van der Waals surface area contributed by atoms with Gasteiger partial charge in [0, 0.05) is 11.2 Å². The molecule has 3 heterocycles. The quantitative estimate of drug-likeness (QED) is 0.816. The Morgan fingerprint density at radius 2 is 1.37 bits per heavy atom. The molecule has 0 aliphatic carbocycles. The molecule has 2 fully saturated rings. The molecule has 1 aromatic rings. The van der Waals surface area contributed by atoms with Crippen LogP contribution in [0.5, 0.6) is 0 Å². The standard InChI is InChI=1S/C18H27B2N3O4/c1-15(2)16(3,4)25-19(24-15)13-9-12(10-21)22-11-14(13)23-20-26-17(5,6)18(7,8)27-20/h9,11,23H,1-8H3. The van der Waals surface area contributed by atoms with Gasteiger partial charge in [-0.15, -0.1) is 0 Å². The van der Waals surface area contributed by atoms with Crippen molar-refractivity contribution in [2.45, 2.75) is 77.8 Å². The number of pyridine rings is 1. The first-order valence-corrected chi connectivity index (χ1v) is 9.16. The molecular weight excluding hydrogens is 344 g/mol. The average molecular weight is 371 g/mol. The lowest BCUT2D eigenvalue weighted by Gasteiger charge is -2.32. The van der Waals surface area contributed by atoms with Gasteiger partial charge in [-0.2, -0.15) is 5.26 Å². The lowest BCUT2D eigenvalue weighted by molar-refractivity contribution is 0.00578. The summed E-state index contributed by atoms with van der Waals surface area (Å²) in [4.78, 5) is 4.17. The molecule has 7 nitrogen and oxygen atoms in total. The fourth-order valence-electron chi connectivity index (χ4n) is 2.85. The second kappa shape index (κ2) is 6.21. The van der Waals surface area contributed by atoms with Crippen LogP contribution in [0.4, 0.5) is 5.69 Å². The van der Waals surface area contributed by atoms with Gasteiger partial charge in [0.2, 0.25) is 0 Å². The largest absolute Gasteiger partial charge is 0.591 e. The van der Waals surface area contributed by atoms with Gasteiger partial charge in [-0.05, 0) is 61.5 Å². The van der Waals surface area contributed by atoms with Crippen LogP contribution < -0.4 is 10.7 Å². The molecule has 144 valence electrons. The Labute approximate surface area is 162 Å². The summed E-state index contributed by atoms with van der Waals surface area (Å²) in [6.07, 6.45) is 1.59. The molecule has 27 heavy (non-hydrogen) atoms. The normalized spacial score (nSPS) is 24.7. The van der Waals surface area contributed by atoms with Gasteiger partial charge in [0.05, 0.1) is 28.6 Å². The minimum absolute atomic E-state index is 0.291. The molecule has 0 bridgehead atoms. The molecule has 9 heteroatoms. The Balaban J connectivity index is 1.91. The summed E-state index contributed by atoms with van der Waals surface area (Å²) in [6, 6.07) is 3.74. The van der Waals surface area contributed by atoms with E-state index < -0.39 is 36.8 Å². The Morgan fingerprint density at radius 1 is 0.889 bits per heavy atom. The number of anilines is 1. The number of nitriles is 1. The molecule has 1 N–H and O–H groups in total. The van der Waals surface area contributed by atoms with E-state index in [9.17, 15) is 5.26 Å². The van der Waals surface area contributed by atoms with E-state index in [1.165, 1.54) is 0 Å². The number of nitrogens with one attached hydrogen (secondary N) is 1. The van der Waals surface area contributed by atoms with Crippen molar-refractivity contribution in [1.29, 1.82) is 5.26 Å². The Hall–Kier alpha value is -1.59. The van der Waals surface area contributed by atoms with E-state index in [4.69, 9.17) is 18.6 Å². The summed E-state index contributed by atoms with van der Waals surface area (Å²) in [5.41, 5.74) is -0.283. The minimum atomic E-state index is -0.647. The minimum Gasteiger partial charge on any atom is -0.399 e. The van der Waals surface area contributed by atoms with Gasteiger partial charge in [0.15, 0.2) is 0 Å². The van der Waals surface area contributed by atoms with Gasteiger partial charge >= 0.3 is 14.4 Å². The third kappa shape index (κ3) is 3.47. The van der Waals surface area contributed by atoms with Crippen LogP contribution in [0, 0.1) is 11.3 Å². The van der Waals surface area contributed by atoms with Crippen LogP contribution in [0.1, 0.15) is 61.1 Å². The van der Waals surface area contributed by atoms with Crippen LogP contribution in [-0.4, -0.2) is 41.8 Å². The number of hydrogen-bond donors (Lipinski definition) is 1. The Bertz CT molecular complexity index is 757. The van der Waals surface area contributed by atoms with E-state index in [1.54, 1.807) is 12.3 Å². The Kier molecular flexibility index (Phi) is 4.64. The molecule has 2 saturated heterocycles. The fourth-order valence-corrected chi connectivity index (χ4v) is 2.85. The average Bonchev–Trinajstić information content (AvgIpc) is 2.86. The van der Waals surface area contributed by atoms with Crippen LogP contribution in [-0.2, 0) is 18.6 Å². The number of nitrogens with zero attached hydrogens (tertiary/aromatic N) is 2. The molecule has 2 aliphatic rings. The molecule has 3 rings (SSSR count). The van der Waals surface area contributed by atoms with Crippen molar-refractivity contribution in [3.8, 4) is 6.07 Å². The predicted octanol–water partition coefficient (Wildman–Crippen LogP) is 2.25. The second-order valence-electron chi connectivity index (χ2n) is 9.09. The number of aromatic nitrogens is 1. The Morgan fingerprint density at radius 3 is 1.85 bits per heavy atom. The van der Waals surface area contributed by atoms with Crippen molar-refractivity contribution in [3.05, 3.63) is 18.0 Å². The van der Waals surface area contributed by atoms with E-state index in [0.29, 0.717) is 16.8 Å².